The van der Waals surface area contributed by atoms with E-state index in [-0.39, 0.29) is 17.8 Å². The standard InChI is InChI=1S/C18H20FNO/c1-2-13(11-12-7-8-12)20-18(21)16-9-10-17(19)15-6-4-3-5-14(15)16/h3-6,9-10,12-13H,2,7-8,11H2,1H3,(H,20,21). The lowest BCUT2D eigenvalue weighted by Gasteiger charge is -2.17. The number of rotatable bonds is 5. The monoisotopic (exact) mass is 285 g/mol. The van der Waals surface area contributed by atoms with Gasteiger partial charge in [0.25, 0.3) is 5.91 Å². The second-order valence-electron chi connectivity index (χ2n) is 5.90. The van der Waals surface area contributed by atoms with Crippen LogP contribution in [0.15, 0.2) is 36.4 Å². The highest BCUT2D eigenvalue weighted by Gasteiger charge is 2.26. The van der Waals surface area contributed by atoms with Crippen molar-refractivity contribution in [3.8, 4) is 0 Å². The second kappa shape index (κ2) is 5.84. The van der Waals surface area contributed by atoms with Gasteiger partial charge in [0.1, 0.15) is 5.82 Å². The van der Waals surface area contributed by atoms with E-state index in [1.165, 1.54) is 18.9 Å². The third-order valence-electron chi connectivity index (χ3n) is 4.26. The molecule has 1 N–H and O–H groups in total. The van der Waals surface area contributed by atoms with Gasteiger partial charge < -0.3 is 5.32 Å². The van der Waals surface area contributed by atoms with Gasteiger partial charge in [0.2, 0.25) is 0 Å². The van der Waals surface area contributed by atoms with Crippen LogP contribution >= 0.6 is 0 Å². The van der Waals surface area contributed by atoms with Crippen LogP contribution in [0.1, 0.15) is 43.0 Å². The van der Waals surface area contributed by atoms with Crippen molar-refractivity contribution in [3.05, 3.63) is 47.8 Å². The number of amides is 1. The molecule has 110 valence electrons. The second-order valence-corrected chi connectivity index (χ2v) is 5.90. The molecule has 1 aliphatic rings. The van der Waals surface area contributed by atoms with Crippen molar-refractivity contribution in [2.75, 3.05) is 0 Å². The normalized spacial score (nSPS) is 15.9. The maximum Gasteiger partial charge on any atom is 0.252 e. The van der Waals surface area contributed by atoms with Gasteiger partial charge >= 0.3 is 0 Å². The quantitative estimate of drug-likeness (QED) is 0.872. The lowest BCUT2D eigenvalue weighted by atomic mass is 10.0. The smallest absolute Gasteiger partial charge is 0.252 e. The third kappa shape index (κ3) is 3.07. The molecule has 1 aliphatic carbocycles. The van der Waals surface area contributed by atoms with Gasteiger partial charge in [-0.25, -0.2) is 4.39 Å². The molecule has 1 saturated carbocycles. The minimum absolute atomic E-state index is 0.0984. The Bertz CT molecular complexity index is 663. The van der Waals surface area contributed by atoms with Crippen LogP contribution < -0.4 is 5.32 Å². The summed E-state index contributed by atoms with van der Waals surface area (Å²) in [7, 11) is 0. The molecule has 2 nitrogen and oxygen atoms in total. The van der Waals surface area contributed by atoms with Crippen molar-refractivity contribution >= 4 is 16.7 Å². The molecule has 0 radical (unpaired) electrons. The van der Waals surface area contributed by atoms with Crippen LogP contribution in [0.2, 0.25) is 0 Å². The SMILES string of the molecule is CCC(CC1CC1)NC(=O)c1ccc(F)c2ccccc12. The van der Waals surface area contributed by atoms with Crippen molar-refractivity contribution in [2.24, 2.45) is 5.92 Å². The molecule has 1 amide bonds. The maximum atomic E-state index is 13.8. The van der Waals surface area contributed by atoms with Crippen molar-refractivity contribution in [2.45, 2.75) is 38.6 Å². The predicted molar refractivity (Wildman–Crippen MR) is 82.8 cm³/mol. The van der Waals surface area contributed by atoms with Crippen molar-refractivity contribution in [1.82, 2.24) is 5.32 Å². The summed E-state index contributed by atoms with van der Waals surface area (Å²) in [6, 6.07) is 10.3. The van der Waals surface area contributed by atoms with Crippen LogP contribution in [0.4, 0.5) is 4.39 Å². The van der Waals surface area contributed by atoms with Crippen molar-refractivity contribution in [1.29, 1.82) is 0 Å². The predicted octanol–water partition coefficient (Wildman–Crippen LogP) is 4.29. The number of fused-ring (bicyclic) bond motifs is 1. The fraction of sp³-hybridized carbons (Fsp3) is 0.389. The van der Waals surface area contributed by atoms with Gasteiger partial charge in [-0.1, -0.05) is 44.0 Å². The molecule has 2 aromatic carbocycles. The van der Waals surface area contributed by atoms with Crippen LogP contribution in [-0.4, -0.2) is 11.9 Å². The number of benzene rings is 2. The fourth-order valence-corrected chi connectivity index (χ4v) is 2.81. The average Bonchev–Trinajstić information content (AvgIpc) is 3.31. The molecule has 1 unspecified atom stereocenters. The topological polar surface area (TPSA) is 29.1 Å². The lowest BCUT2D eigenvalue weighted by molar-refractivity contribution is 0.0934. The Kier molecular flexibility index (Phi) is 3.91. The Morgan fingerprint density at radius 1 is 1.24 bits per heavy atom. The zero-order chi connectivity index (χ0) is 14.8. The molecule has 3 rings (SSSR count). The first-order valence-electron chi connectivity index (χ1n) is 7.67. The van der Waals surface area contributed by atoms with Gasteiger partial charge in [-0.15, -0.1) is 0 Å². The highest BCUT2D eigenvalue weighted by molar-refractivity contribution is 6.07. The van der Waals surface area contributed by atoms with Gasteiger partial charge in [0.15, 0.2) is 0 Å². The van der Waals surface area contributed by atoms with E-state index in [0.717, 1.165) is 18.8 Å². The first kappa shape index (κ1) is 14.1. The van der Waals surface area contributed by atoms with E-state index in [0.29, 0.717) is 16.3 Å². The van der Waals surface area contributed by atoms with Crippen molar-refractivity contribution in [3.63, 3.8) is 0 Å². The molecule has 0 heterocycles. The van der Waals surface area contributed by atoms with E-state index in [2.05, 4.69) is 12.2 Å². The molecule has 1 atom stereocenters. The van der Waals surface area contributed by atoms with Crippen LogP contribution in [0.25, 0.3) is 10.8 Å². The molecule has 0 aromatic heterocycles. The zero-order valence-electron chi connectivity index (χ0n) is 12.2. The molecule has 2 aromatic rings. The minimum Gasteiger partial charge on any atom is -0.349 e. The van der Waals surface area contributed by atoms with Crippen LogP contribution in [0.5, 0.6) is 0 Å². The molecular formula is C18H20FNO. The Labute approximate surface area is 124 Å². The number of hydrogen-bond acceptors (Lipinski definition) is 1. The largest absolute Gasteiger partial charge is 0.349 e. The zero-order valence-corrected chi connectivity index (χ0v) is 12.2. The minimum atomic E-state index is -0.285. The van der Waals surface area contributed by atoms with E-state index in [1.54, 1.807) is 24.3 Å². The molecule has 0 aliphatic heterocycles. The van der Waals surface area contributed by atoms with E-state index in [9.17, 15) is 9.18 Å². The Morgan fingerprint density at radius 2 is 1.95 bits per heavy atom. The number of carbonyl (C=O) groups excluding carboxylic acids is 1. The highest BCUT2D eigenvalue weighted by Crippen LogP contribution is 2.34. The average molecular weight is 285 g/mol. The van der Waals surface area contributed by atoms with Crippen LogP contribution in [0, 0.1) is 11.7 Å². The molecule has 0 saturated heterocycles. The van der Waals surface area contributed by atoms with Gasteiger partial charge in [-0.3, -0.25) is 4.79 Å². The third-order valence-corrected chi connectivity index (χ3v) is 4.26. The van der Waals surface area contributed by atoms with Crippen LogP contribution in [0.3, 0.4) is 0 Å². The Balaban J connectivity index is 1.85. The number of nitrogens with one attached hydrogen (secondary N) is 1. The number of carbonyl (C=O) groups is 1. The molecule has 1 fully saturated rings. The van der Waals surface area contributed by atoms with Gasteiger partial charge in [0.05, 0.1) is 0 Å². The van der Waals surface area contributed by atoms with Crippen molar-refractivity contribution < 1.29 is 9.18 Å². The molecule has 0 bridgehead atoms. The lowest BCUT2D eigenvalue weighted by Crippen LogP contribution is -2.34. The Morgan fingerprint density at radius 3 is 2.62 bits per heavy atom. The van der Waals surface area contributed by atoms with E-state index in [1.807, 2.05) is 6.07 Å². The summed E-state index contributed by atoms with van der Waals surface area (Å²) in [6.07, 6.45) is 4.56. The van der Waals surface area contributed by atoms with Crippen LogP contribution in [-0.2, 0) is 0 Å². The summed E-state index contributed by atoms with van der Waals surface area (Å²) in [5.74, 6) is 0.395. The van der Waals surface area contributed by atoms with E-state index in [4.69, 9.17) is 0 Å². The van der Waals surface area contributed by atoms with Gasteiger partial charge in [-0.05, 0) is 36.3 Å². The first-order valence-corrected chi connectivity index (χ1v) is 7.67. The summed E-state index contributed by atoms with van der Waals surface area (Å²) in [4.78, 5) is 12.5. The number of hydrogen-bond donors (Lipinski definition) is 1. The van der Waals surface area contributed by atoms with Gasteiger partial charge in [-0.2, -0.15) is 0 Å². The Hall–Kier alpha value is -1.90. The molecule has 3 heteroatoms. The van der Waals surface area contributed by atoms with Gasteiger partial charge in [0, 0.05) is 17.0 Å². The summed E-state index contributed by atoms with van der Waals surface area (Å²) in [5.41, 5.74) is 0.557. The summed E-state index contributed by atoms with van der Waals surface area (Å²) < 4.78 is 13.8. The van der Waals surface area contributed by atoms with E-state index < -0.39 is 0 Å². The molecule has 21 heavy (non-hydrogen) atoms. The first-order chi connectivity index (χ1) is 10.2. The maximum absolute atomic E-state index is 13.8. The summed E-state index contributed by atoms with van der Waals surface area (Å²) >= 11 is 0. The highest BCUT2D eigenvalue weighted by atomic mass is 19.1. The molecule has 0 spiro atoms. The van der Waals surface area contributed by atoms with E-state index >= 15 is 0 Å². The number of halogens is 1. The fourth-order valence-electron chi connectivity index (χ4n) is 2.81. The summed E-state index contributed by atoms with van der Waals surface area (Å²) in [5, 5.41) is 4.28. The summed E-state index contributed by atoms with van der Waals surface area (Å²) in [6.45, 7) is 2.09. The molecular weight excluding hydrogens is 265 g/mol.